The van der Waals surface area contributed by atoms with E-state index < -0.39 is 0 Å². The highest BCUT2D eigenvalue weighted by Crippen LogP contribution is 2.45. The molecule has 1 aliphatic carbocycles. The molecule has 1 fully saturated rings. The molecule has 0 amide bonds. The lowest BCUT2D eigenvalue weighted by atomic mass is 9.66. The molecule has 2 aromatic rings. The molecule has 0 unspecified atom stereocenters. The molecule has 140 valence electrons. The van der Waals surface area contributed by atoms with E-state index in [2.05, 4.69) is 50.2 Å². The summed E-state index contributed by atoms with van der Waals surface area (Å²) in [5.41, 5.74) is 5.40. The fourth-order valence-electron chi connectivity index (χ4n) is 4.61. The van der Waals surface area contributed by atoms with E-state index in [1.165, 1.54) is 67.2 Å². The molecule has 0 atom stereocenters. The van der Waals surface area contributed by atoms with Gasteiger partial charge in [-0.1, -0.05) is 56.4 Å². The molecule has 0 aromatic heterocycles. The van der Waals surface area contributed by atoms with Gasteiger partial charge < -0.3 is 9.47 Å². The monoisotopic (exact) mass is 352 g/mol. The van der Waals surface area contributed by atoms with Gasteiger partial charge in [0.15, 0.2) is 0 Å². The Morgan fingerprint density at radius 3 is 1.46 bits per heavy atom. The summed E-state index contributed by atoms with van der Waals surface area (Å²) in [6.07, 6.45) is 9.05. The van der Waals surface area contributed by atoms with E-state index in [1.807, 2.05) is 0 Å². The maximum atomic E-state index is 5.50. The molecule has 0 aliphatic heterocycles. The lowest BCUT2D eigenvalue weighted by Crippen LogP contribution is -2.29. The van der Waals surface area contributed by atoms with Gasteiger partial charge in [-0.25, -0.2) is 0 Å². The SMILES string of the molecule is COc1ccc(C2(c3ccc(OC)c(C)c3)CCCCCCC2)cc1C. The Balaban J connectivity index is 2.12. The number of hydrogen-bond donors (Lipinski definition) is 0. The van der Waals surface area contributed by atoms with Gasteiger partial charge in [0.1, 0.15) is 11.5 Å². The van der Waals surface area contributed by atoms with E-state index in [1.54, 1.807) is 14.2 Å². The van der Waals surface area contributed by atoms with Crippen LogP contribution >= 0.6 is 0 Å². The maximum Gasteiger partial charge on any atom is 0.121 e. The normalized spacial score (nSPS) is 17.2. The van der Waals surface area contributed by atoms with E-state index in [9.17, 15) is 0 Å². The minimum atomic E-state index is 0.0917. The van der Waals surface area contributed by atoms with Crippen LogP contribution < -0.4 is 9.47 Å². The minimum absolute atomic E-state index is 0.0917. The average molecular weight is 353 g/mol. The average Bonchev–Trinajstić information content (AvgIpc) is 2.62. The van der Waals surface area contributed by atoms with Crippen LogP contribution in [-0.2, 0) is 5.41 Å². The predicted octanol–water partition coefficient (Wildman–Crippen LogP) is 6.35. The molecular formula is C24H32O2. The molecule has 0 radical (unpaired) electrons. The van der Waals surface area contributed by atoms with Crippen LogP contribution in [0.3, 0.4) is 0 Å². The first-order valence-electron chi connectivity index (χ1n) is 9.91. The number of aryl methyl sites for hydroxylation is 2. The van der Waals surface area contributed by atoms with Crippen molar-refractivity contribution in [2.75, 3.05) is 14.2 Å². The van der Waals surface area contributed by atoms with Gasteiger partial charge in [0, 0.05) is 5.41 Å². The second-order valence-corrected chi connectivity index (χ2v) is 7.72. The van der Waals surface area contributed by atoms with Crippen molar-refractivity contribution >= 4 is 0 Å². The Labute approximate surface area is 158 Å². The first kappa shape index (κ1) is 18.8. The van der Waals surface area contributed by atoms with Gasteiger partial charge in [-0.05, 0) is 61.1 Å². The smallest absolute Gasteiger partial charge is 0.121 e. The van der Waals surface area contributed by atoms with E-state index in [4.69, 9.17) is 9.47 Å². The lowest BCUT2D eigenvalue weighted by Gasteiger charge is -2.37. The maximum absolute atomic E-state index is 5.50. The largest absolute Gasteiger partial charge is 0.496 e. The highest BCUT2D eigenvalue weighted by Gasteiger charge is 2.34. The van der Waals surface area contributed by atoms with Gasteiger partial charge in [-0.2, -0.15) is 0 Å². The Morgan fingerprint density at radius 1 is 0.654 bits per heavy atom. The van der Waals surface area contributed by atoms with Crippen molar-refractivity contribution in [1.29, 1.82) is 0 Å². The van der Waals surface area contributed by atoms with Crippen molar-refractivity contribution < 1.29 is 9.47 Å². The molecule has 1 saturated carbocycles. The Bertz CT molecular complexity index is 684. The Morgan fingerprint density at radius 2 is 1.08 bits per heavy atom. The Hall–Kier alpha value is -1.96. The summed E-state index contributed by atoms with van der Waals surface area (Å²) in [4.78, 5) is 0. The molecule has 0 N–H and O–H groups in total. The zero-order valence-corrected chi connectivity index (χ0v) is 16.7. The summed E-state index contributed by atoms with van der Waals surface area (Å²) in [6, 6.07) is 13.5. The molecule has 0 saturated heterocycles. The van der Waals surface area contributed by atoms with Gasteiger partial charge in [-0.3, -0.25) is 0 Å². The molecule has 2 aromatic carbocycles. The van der Waals surface area contributed by atoms with Crippen LogP contribution in [0.4, 0.5) is 0 Å². The summed E-state index contributed by atoms with van der Waals surface area (Å²) in [5.74, 6) is 1.95. The van der Waals surface area contributed by atoms with Crippen LogP contribution in [0.25, 0.3) is 0 Å². The minimum Gasteiger partial charge on any atom is -0.496 e. The van der Waals surface area contributed by atoms with Gasteiger partial charge in [0.05, 0.1) is 14.2 Å². The van der Waals surface area contributed by atoms with Crippen molar-refractivity contribution in [3.63, 3.8) is 0 Å². The molecule has 3 rings (SSSR count). The molecular weight excluding hydrogens is 320 g/mol. The fraction of sp³-hybridized carbons (Fsp3) is 0.500. The summed E-state index contributed by atoms with van der Waals surface area (Å²) in [7, 11) is 3.50. The van der Waals surface area contributed by atoms with Crippen LogP contribution in [0.5, 0.6) is 11.5 Å². The van der Waals surface area contributed by atoms with Crippen molar-refractivity contribution in [2.24, 2.45) is 0 Å². The van der Waals surface area contributed by atoms with E-state index in [-0.39, 0.29) is 5.41 Å². The summed E-state index contributed by atoms with van der Waals surface area (Å²) in [5, 5.41) is 0. The van der Waals surface area contributed by atoms with Gasteiger partial charge >= 0.3 is 0 Å². The first-order chi connectivity index (χ1) is 12.6. The number of rotatable bonds is 4. The molecule has 2 nitrogen and oxygen atoms in total. The van der Waals surface area contributed by atoms with Crippen molar-refractivity contribution in [3.05, 3.63) is 58.7 Å². The van der Waals surface area contributed by atoms with Crippen LogP contribution in [0.15, 0.2) is 36.4 Å². The molecule has 26 heavy (non-hydrogen) atoms. The fourth-order valence-corrected chi connectivity index (χ4v) is 4.61. The zero-order chi connectivity index (χ0) is 18.6. The van der Waals surface area contributed by atoms with Crippen molar-refractivity contribution in [1.82, 2.24) is 0 Å². The van der Waals surface area contributed by atoms with Crippen LogP contribution in [0.1, 0.15) is 67.2 Å². The zero-order valence-electron chi connectivity index (χ0n) is 16.7. The topological polar surface area (TPSA) is 18.5 Å². The number of benzene rings is 2. The van der Waals surface area contributed by atoms with Crippen molar-refractivity contribution in [2.45, 2.75) is 64.2 Å². The highest BCUT2D eigenvalue weighted by molar-refractivity contribution is 5.48. The summed E-state index contributed by atoms with van der Waals surface area (Å²) < 4.78 is 11.0. The summed E-state index contributed by atoms with van der Waals surface area (Å²) in [6.45, 7) is 4.30. The third kappa shape index (κ3) is 3.60. The predicted molar refractivity (Wildman–Crippen MR) is 109 cm³/mol. The van der Waals surface area contributed by atoms with E-state index in [0.29, 0.717) is 0 Å². The third-order valence-corrected chi connectivity index (χ3v) is 6.10. The van der Waals surface area contributed by atoms with Gasteiger partial charge in [0.2, 0.25) is 0 Å². The molecule has 1 aliphatic rings. The molecule has 2 heteroatoms. The first-order valence-corrected chi connectivity index (χ1v) is 9.91. The van der Waals surface area contributed by atoms with E-state index >= 15 is 0 Å². The number of methoxy groups -OCH3 is 2. The second kappa shape index (κ2) is 8.16. The standard InChI is InChI=1S/C24H32O2/c1-18-16-20(10-12-22(18)25-3)24(14-8-6-5-7-9-15-24)21-11-13-23(26-4)19(2)17-21/h10-13,16-17H,5-9,14-15H2,1-4H3. The quantitative estimate of drug-likeness (QED) is 0.638. The van der Waals surface area contributed by atoms with E-state index in [0.717, 1.165) is 11.5 Å². The van der Waals surface area contributed by atoms with Crippen molar-refractivity contribution in [3.8, 4) is 11.5 Å². The molecule has 0 heterocycles. The van der Waals surface area contributed by atoms with Crippen LogP contribution in [0, 0.1) is 13.8 Å². The van der Waals surface area contributed by atoms with Crippen LogP contribution in [-0.4, -0.2) is 14.2 Å². The summed E-state index contributed by atoms with van der Waals surface area (Å²) >= 11 is 0. The lowest BCUT2D eigenvalue weighted by molar-refractivity contribution is 0.364. The Kier molecular flexibility index (Phi) is 5.90. The van der Waals surface area contributed by atoms with Gasteiger partial charge in [0.25, 0.3) is 0 Å². The highest BCUT2D eigenvalue weighted by atomic mass is 16.5. The third-order valence-electron chi connectivity index (χ3n) is 6.10. The number of hydrogen-bond acceptors (Lipinski definition) is 2. The molecule has 0 spiro atoms. The van der Waals surface area contributed by atoms with Gasteiger partial charge in [-0.15, -0.1) is 0 Å². The molecule has 0 bridgehead atoms. The van der Waals surface area contributed by atoms with Crippen LogP contribution in [0.2, 0.25) is 0 Å². The second-order valence-electron chi connectivity index (χ2n) is 7.72. The number of ether oxygens (including phenoxy) is 2.